The number of hydrogen-bond donors (Lipinski definition) is 0. The molecule has 0 saturated heterocycles. The van der Waals surface area contributed by atoms with Gasteiger partial charge >= 0.3 is 11.9 Å². The number of hydrogen-bond acceptors (Lipinski definition) is 9. The summed E-state index contributed by atoms with van der Waals surface area (Å²) in [6.07, 6.45) is 8.29. The molecule has 8 rings (SSSR count). The fourth-order valence-electron chi connectivity index (χ4n) is 8.47. The lowest BCUT2D eigenvalue weighted by atomic mass is 9.49. The van der Waals surface area contributed by atoms with Crippen LogP contribution in [0.2, 0.25) is 0 Å². The maximum absolute atomic E-state index is 14.0. The van der Waals surface area contributed by atoms with E-state index < -0.39 is 12.0 Å². The number of nitrogens with zero attached hydrogens (tertiary/aromatic N) is 2. The van der Waals surface area contributed by atoms with Gasteiger partial charge in [-0.2, -0.15) is 0 Å². The second kappa shape index (κ2) is 11.9. The van der Waals surface area contributed by atoms with Gasteiger partial charge in [-0.25, -0.2) is 9.79 Å². The van der Waals surface area contributed by atoms with Gasteiger partial charge in [-0.15, -0.1) is 0 Å². The molecule has 1 aromatic heterocycles. The Morgan fingerprint density at radius 3 is 2.26 bits per heavy atom. The van der Waals surface area contributed by atoms with Crippen molar-refractivity contribution in [1.82, 2.24) is 4.57 Å². The highest BCUT2D eigenvalue weighted by molar-refractivity contribution is 7.07. The molecule has 0 amide bonds. The highest BCUT2D eigenvalue weighted by Gasteiger charge is 2.55. The van der Waals surface area contributed by atoms with Crippen molar-refractivity contribution in [2.75, 3.05) is 20.8 Å². The highest BCUT2D eigenvalue weighted by atomic mass is 32.1. The predicted octanol–water partition coefficient (Wildman–Crippen LogP) is 4.94. The molecule has 2 heterocycles. The maximum Gasteiger partial charge on any atom is 0.338 e. The molecule has 0 radical (unpaired) electrons. The molecular weight excluding hydrogens is 604 g/mol. The molecule has 5 aliphatic rings. The van der Waals surface area contributed by atoms with Crippen LogP contribution in [0.3, 0.4) is 0 Å². The van der Waals surface area contributed by atoms with E-state index in [-0.39, 0.29) is 23.6 Å². The number of esters is 2. The van der Waals surface area contributed by atoms with Crippen LogP contribution in [0.25, 0.3) is 6.08 Å². The Balaban J connectivity index is 1.22. The quantitative estimate of drug-likeness (QED) is 0.253. The van der Waals surface area contributed by atoms with Crippen molar-refractivity contribution in [1.29, 1.82) is 0 Å². The lowest BCUT2D eigenvalue weighted by molar-refractivity contribution is -0.161. The summed E-state index contributed by atoms with van der Waals surface area (Å²) in [5.41, 5.74) is 1.59. The summed E-state index contributed by atoms with van der Waals surface area (Å²) in [6, 6.07) is 11.9. The van der Waals surface area contributed by atoms with Gasteiger partial charge in [0.15, 0.2) is 16.3 Å². The minimum absolute atomic E-state index is 0.141. The van der Waals surface area contributed by atoms with Crippen LogP contribution in [0, 0.1) is 23.2 Å². The lowest BCUT2D eigenvalue weighted by Gasteiger charge is -2.55. The van der Waals surface area contributed by atoms with Crippen LogP contribution in [-0.4, -0.2) is 37.3 Å². The second-order valence-corrected chi connectivity index (χ2v) is 14.1. The van der Waals surface area contributed by atoms with Gasteiger partial charge in [0.2, 0.25) is 0 Å². The molecule has 0 unspecified atom stereocenters. The van der Waals surface area contributed by atoms with Crippen LogP contribution in [0.4, 0.5) is 0 Å². The Hall–Kier alpha value is -4.18. The number of aromatic nitrogens is 1. The SMILES string of the molecule is CCOC(=O)C1=C(C)N=c2sc(=Cc3ccc(OC(=O)C45CC6CC(CC(C6)C4)C5)c(OC)c3)c(=O)n2[C@H]1c1ccc(OC)cc1. The minimum Gasteiger partial charge on any atom is -0.497 e. The normalized spacial score (nSPS) is 26.4. The number of allylic oxidation sites excluding steroid dienone is 1. The summed E-state index contributed by atoms with van der Waals surface area (Å²) < 4.78 is 24.4. The molecular formula is C36H38N2O7S. The number of fused-ring (bicyclic) bond motifs is 1. The Labute approximate surface area is 271 Å². The topological polar surface area (TPSA) is 105 Å². The zero-order valence-corrected chi connectivity index (χ0v) is 27.4. The summed E-state index contributed by atoms with van der Waals surface area (Å²) >= 11 is 1.25. The monoisotopic (exact) mass is 642 g/mol. The predicted molar refractivity (Wildman–Crippen MR) is 173 cm³/mol. The molecule has 0 spiro atoms. The smallest absolute Gasteiger partial charge is 0.338 e. The summed E-state index contributed by atoms with van der Waals surface area (Å²) in [7, 11) is 3.13. The molecule has 4 aliphatic carbocycles. The maximum atomic E-state index is 14.0. The van der Waals surface area contributed by atoms with Gasteiger partial charge in [0.1, 0.15) is 5.75 Å². The van der Waals surface area contributed by atoms with Crippen molar-refractivity contribution in [2.24, 2.45) is 28.2 Å². The van der Waals surface area contributed by atoms with E-state index in [4.69, 9.17) is 18.9 Å². The first-order valence-corrected chi connectivity index (χ1v) is 16.8. The third kappa shape index (κ3) is 5.26. The van der Waals surface area contributed by atoms with E-state index in [9.17, 15) is 14.4 Å². The van der Waals surface area contributed by atoms with Gasteiger partial charge in [-0.3, -0.25) is 14.2 Å². The fourth-order valence-corrected chi connectivity index (χ4v) is 9.52. The van der Waals surface area contributed by atoms with Crippen LogP contribution >= 0.6 is 11.3 Å². The van der Waals surface area contributed by atoms with E-state index in [2.05, 4.69) is 4.99 Å². The van der Waals surface area contributed by atoms with Gasteiger partial charge < -0.3 is 18.9 Å². The van der Waals surface area contributed by atoms with Crippen LogP contribution in [-0.2, 0) is 14.3 Å². The average Bonchev–Trinajstić information content (AvgIpc) is 3.34. The van der Waals surface area contributed by atoms with Crippen LogP contribution in [0.15, 0.2) is 63.5 Å². The third-order valence-corrected chi connectivity index (χ3v) is 11.1. The summed E-state index contributed by atoms with van der Waals surface area (Å²) in [6.45, 7) is 3.70. The molecule has 1 atom stereocenters. The first-order chi connectivity index (χ1) is 22.2. The van der Waals surface area contributed by atoms with Crippen molar-refractivity contribution >= 4 is 29.4 Å². The number of benzene rings is 2. The molecule has 4 fully saturated rings. The van der Waals surface area contributed by atoms with Crippen molar-refractivity contribution < 1.29 is 28.5 Å². The molecule has 0 N–H and O–H groups in total. The number of carbonyl (C=O) groups excluding carboxylic acids is 2. The Morgan fingerprint density at radius 2 is 1.65 bits per heavy atom. The molecule has 1 aliphatic heterocycles. The molecule has 4 bridgehead atoms. The van der Waals surface area contributed by atoms with E-state index in [0.717, 1.165) is 24.8 Å². The molecule has 9 nitrogen and oxygen atoms in total. The molecule has 10 heteroatoms. The van der Waals surface area contributed by atoms with Crippen LogP contribution < -0.4 is 29.1 Å². The van der Waals surface area contributed by atoms with E-state index in [1.165, 1.54) is 30.6 Å². The highest BCUT2D eigenvalue weighted by Crippen LogP contribution is 2.60. The molecule has 240 valence electrons. The van der Waals surface area contributed by atoms with Crippen molar-refractivity contribution in [3.8, 4) is 17.2 Å². The van der Waals surface area contributed by atoms with E-state index in [0.29, 0.717) is 61.2 Å². The Kier molecular flexibility index (Phi) is 7.87. The standard InChI is InChI=1S/C36H38N2O7S/c1-5-44-33(40)30-20(2)37-35-38(31(30)25-7-9-26(42-3)10-8-25)32(39)29(46-35)16-21-6-11-27(28(15-21)43-4)45-34(41)36-17-22-12-23(18-36)14-24(13-22)19-36/h6-11,15-16,22-24,31H,5,12-14,17-19H2,1-4H3/t22?,23?,24?,31-,36?/m0/s1. The number of methoxy groups -OCH3 is 2. The zero-order chi connectivity index (χ0) is 32.2. The Bertz CT molecular complexity index is 1880. The van der Waals surface area contributed by atoms with Crippen LogP contribution in [0.5, 0.6) is 17.2 Å². The third-order valence-electron chi connectivity index (χ3n) is 10.1. The molecule has 2 aromatic carbocycles. The number of ether oxygens (including phenoxy) is 4. The summed E-state index contributed by atoms with van der Waals surface area (Å²) in [4.78, 5) is 45.9. The molecule has 4 saturated carbocycles. The zero-order valence-electron chi connectivity index (χ0n) is 26.5. The lowest BCUT2D eigenvalue weighted by Crippen LogP contribution is -2.51. The second-order valence-electron chi connectivity index (χ2n) is 13.1. The summed E-state index contributed by atoms with van der Waals surface area (Å²) in [5, 5.41) is 0. The van der Waals surface area contributed by atoms with Crippen molar-refractivity contribution in [2.45, 2.75) is 58.4 Å². The van der Waals surface area contributed by atoms with Gasteiger partial charge in [0, 0.05) is 0 Å². The first-order valence-electron chi connectivity index (χ1n) is 16.0. The summed E-state index contributed by atoms with van der Waals surface area (Å²) in [5.74, 6) is 2.73. The van der Waals surface area contributed by atoms with Gasteiger partial charge in [0.25, 0.3) is 5.56 Å². The first kappa shape index (κ1) is 30.5. The van der Waals surface area contributed by atoms with Crippen molar-refractivity contribution in [3.05, 3.63) is 84.5 Å². The molecule has 46 heavy (non-hydrogen) atoms. The number of rotatable bonds is 8. The van der Waals surface area contributed by atoms with Gasteiger partial charge in [-0.1, -0.05) is 29.5 Å². The Morgan fingerprint density at radius 1 is 0.978 bits per heavy atom. The number of thiazole rings is 1. The largest absolute Gasteiger partial charge is 0.497 e. The minimum atomic E-state index is -0.718. The van der Waals surface area contributed by atoms with E-state index in [1.54, 1.807) is 63.0 Å². The molecule has 3 aromatic rings. The van der Waals surface area contributed by atoms with Gasteiger partial charge in [-0.05, 0) is 112 Å². The van der Waals surface area contributed by atoms with Gasteiger partial charge in [0.05, 0.1) is 48.1 Å². The van der Waals surface area contributed by atoms with E-state index in [1.807, 2.05) is 18.2 Å². The van der Waals surface area contributed by atoms with E-state index >= 15 is 0 Å². The average molecular weight is 643 g/mol. The van der Waals surface area contributed by atoms with Crippen molar-refractivity contribution in [3.63, 3.8) is 0 Å². The van der Waals surface area contributed by atoms with Crippen LogP contribution in [0.1, 0.15) is 69.5 Å². The fraction of sp³-hybridized carbons (Fsp3) is 0.444. The number of carbonyl (C=O) groups is 2.